The second-order valence-corrected chi connectivity index (χ2v) is 8.74. The maximum atomic E-state index is 14.6. The fraction of sp³-hybridized carbons (Fsp3) is 0.357. The van der Waals surface area contributed by atoms with Gasteiger partial charge in [-0.2, -0.15) is 0 Å². The third-order valence-electron chi connectivity index (χ3n) is 5.88. The molecule has 31 heavy (non-hydrogen) atoms. The molecule has 0 aromatic heterocycles. The van der Waals surface area contributed by atoms with Crippen LogP contribution in [0.5, 0.6) is 0 Å². The average Bonchev–Trinajstić information content (AvgIpc) is 2.73. The van der Waals surface area contributed by atoms with E-state index in [0.29, 0.717) is 29.0 Å². The smallest absolute Gasteiger partial charge is 0.166 e. The number of aryl methyl sites for hydroxylation is 2. The van der Waals surface area contributed by atoms with Crippen molar-refractivity contribution in [3.05, 3.63) is 95.4 Å². The monoisotopic (exact) mass is 426 g/mol. The van der Waals surface area contributed by atoms with E-state index in [1.165, 1.54) is 6.08 Å². The highest BCUT2D eigenvalue weighted by atomic mass is 19.2. The van der Waals surface area contributed by atoms with Gasteiger partial charge >= 0.3 is 0 Å². The Morgan fingerprint density at radius 1 is 0.935 bits per heavy atom. The second-order valence-electron chi connectivity index (χ2n) is 8.74. The van der Waals surface area contributed by atoms with Gasteiger partial charge in [0, 0.05) is 5.56 Å². The average molecular weight is 427 g/mol. The van der Waals surface area contributed by atoms with Crippen LogP contribution in [0.2, 0.25) is 0 Å². The van der Waals surface area contributed by atoms with Crippen LogP contribution in [0.3, 0.4) is 0 Å². The first kappa shape index (κ1) is 24.7. The first-order valence-corrected chi connectivity index (χ1v) is 10.9. The summed E-state index contributed by atoms with van der Waals surface area (Å²) in [5.74, 6) is -1.39. The second kappa shape index (κ2) is 11.2. The topological polar surface area (TPSA) is 0 Å². The Labute approximate surface area is 185 Å². The van der Waals surface area contributed by atoms with E-state index in [1.807, 2.05) is 26.0 Å². The van der Waals surface area contributed by atoms with Gasteiger partial charge in [0.25, 0.3) is 0 Å². The predicted molar refractivity (Wildman–Crippen MR) is 126 cm³/mol. The Kier molecular flexibility index (Phi) is 8.91. The van der Waals surface area contributed by atoms with Gasteiger partial charge in [0.15, 0.2) is 11.6 Å². The SMILES string of the molecule is C=C(C)/C(F)=C\C(=C)C(C)CCC(C)CCc1ccc(-c2ccc(C)cc2)c(F)c1F. The van der Waals surface area contributed by atoms with E-state index in [4.69, 9.17) is 0 Å². The van der Waals surface area contributed by atoms with Crippen LogP contribution in [-0.4, -0.2) is 0 Å². The first-order chi connectivity index (χ1) is 14.6. The number of allylic oxidation sites excluding steroid dienone is 4. The highest BCUT2D eigenvalue weighted by Crippen LogP contribution is 2.29. The summed E-state index contributed by atoms with van der Waals surface area (Å²) < 4.78 is 43.0. The summed E-state index contributed by atoms with van der Waals surface area (Å²) in [6, 6.07) is 10.7. The molecule has 0 radical (unpaired) electrons. The maximum Gasteiger partial charge on any atom is 0.166 e. The lowest BCUT2D eigenvalue weighted by atomic mass is 9.89. The molecule has 0 fully saturated rings. The van der Waals surface area contributed by atoms with Gasteiger partial charge in [0.2, 0.25) is 0 Å². The van der Waals surface area contributed by atoms with Crippen LogP contribution in [0, 0.1) is 30.4 Å². The van der Waals surface area contributed by atoms with Crippen molar-refractivity contribution in [3.8, 4) is 11.1 Å². The van der Waals surface area contributed by atoms with Crippen molar-refractivity contribution >= 4 is 0 Å². The molecule has 0 amide bonds. The Morgan fingerprint density at radius 3 is 2.19 bits per heavy atom. The minimum absolute atomic E-state index is 0.149. The van der Waals surface area contributed by atoms with E-state index in [9.17, 15) is 13.2 Å². The number of rotatable bonds is 10. The zero-order valence-electron chi connectivity index (χ0n) is 19.1. The summed E-state index contributed by atoms with van der Waals surface area (Å²) in [7, 11) is 0. The van der Waals surface area contributed by atoms with Crippen LogP contribution >= 0.6 is 0 Å². The van der Waals surface area contributed by atoms with E-state index >= 15 is 0 Å². The van der Waals surface area contributed by atoms with E-state index in [1.54, 1.807) is 31.2 Å². The largest absolute Gasteiger partial charge is 0.207 e. The molecule has 2 rings (SSSR count). The van der Waals surface area contributed by atoms with Crippen molar-refractivity contribution in [1.82, 2.24) is 0 Å². The molecule has 2 aromatic rings. The van der Waals surface area contributed by atoms with Gasteiger partial charge in [-0.1, -0.05) is 75.4 Å². The standard InChI is InChI=1S/C28H33F3/c1-18(2)26(29)17-22(6)21(5)11-7-19(3)10-14-24-15-16-25(28(31)27(24)30)23-12-8-20(4)9-13-23/h8-9,12-13,15-17,19,21H,1,6-7,10-11,14H2,2-5H3/b26-17+. The van der Waals surface area contributed by atoms with Crippen LogP contribution in [0.1, 0.15) is 51.2 Å². The van der Waals surface area contributed by atoms with Crippen molar-refractivity contribution in [2.75, 3.05) is 0 Å². The fourth-order valence-electron chi connectivity index (χ4n) is 3.43. The van der Waals surface area contributed by atoms with Gasteiger partial charge in [-0.25, -0.2) is 13.2 Å². The highest BCUT2D eigenvalue weighted by molar-refractivity contribution is 5.65. The Bertz CT molecular complexity index is 951. The van der Waals surface area contributed by atoms with Gasteiger partial charge in [-0.05, 0) is 73.3 Å². The summed E-state index contributed by atoms with van der Waals surface area (Å²) in [6.07, 6.45) is 4.47. The van der Waals surface area contributed by atoms with Crippen molar-refractivity contribution < 1.29 is 13.2 Å². The summed E-state index contributed by atoms with van der Waals surface area (Å²) in [5.41, 5.74) is 3.58. The van der Waals surface area contributed by atoms with Gasteiger partial charge in [-0.15, -0.1) is 0 Å². The highest BCUT2D eigenvalue weighted by Gasteiger charge is 2.16. The minimum atomic E-state index is -0.787. The molecule has 0 N–H and O–H groups in total. The van der Waals surface area contributed by atoms with Crippen molar-refractivity contribution in [1.29, 1.82) is 0 Å². The molecule has 0 saturated carbocycles. The molecule has 0 heterocycles. The molecule has 166 valence electrons. The lowest BCUT2D eigenvalue weighted by molar-refractivity contribution is 0.432. The van der Waals surface area contributed by atoms with E-state index in [0.717, 1.165) is 30.4 Å². The molecule has 0 saturated heterocycles. The van der Waals surface area contributed by atoms with Crippen LogP contribution < -0.4 is 0 Å². The predicted octanol–water partition coefficient (Wildman–Crippen LogP) is 8.91. The van der Waals surface area contributed by atoms with Crippen LogP contribution in [-0.2, 0) is 6.42 Å². The zero-order valence-corrected chi connectivity index (χ0v) is 19.1. The molecule has 0 aliphatic carbocycles. The first-order valence-electron chi connectivity index (χ1n) is 10.9. The van der Waals surface area contributed by atoms with Crippen molar-refractivity contribution in [2.24, 2.45) is 11.8 Å². The fourth-order valence-corrected chi connectivity index (χ4v) is 3.43. The molecule has 0 bridgehead atoms. The van der Waals surface area contributed by atoms with Crippen LogP contribution in [0.15, 0.2) is 72.6 Å². The third-order valence-corrected chi connectivity index (χ3v) is 5.88. The van der Waals surface area contributed by atoms with Crippen molar-refractivity contribution in [2.45, 2.75) is 53.4 Å². The van der Waals surface area contributed by atoms with Crippen LogP contribution in [0.4, 0.5) is 13.2 Å². The van der Waals surface area contributed by atoms with Gasteiger partial charge in [0.05, 0.1) is 0 Å². The van der Waals surface area contributed by atoms with E-state index in [2.05, 4.69) is 20.1 Å². The quantitative estimate of drug-likeness (QED) is 0.333. The van der Waals surface area contributed by atoms with Gasteiger partial charge < -0.3 is 0 Å². The maximum absolute atomic E-state index is 14.6. The number of benzene rings is 2. The van der Waals surface area contributed by atoms with Crippen LogP contribution in [0.25, 0.3) is 11.1 Å². The minimum Gasteiger partial charge on any atom is -0.207 e. The van der Waals surface area contributed by atoms with Gasteiger partial charge in [-0.3, -0.25) is 0 Å². The van der Waals surface area contributed by atoms with E-state index in [-0.39, 0.29) is 17.3 Å². The molecule has 2 aromatic carbocycles. The molecular weight excluding hydrogens is 393 g/mol. The molecule has 2 atom stereocenters. The lowest BCUT2D eigenvalue weighted by Gasteiger charge is -2.17. The summed E-state index contributed by atoms with van der Waals surface area (Å²) in [5, 5.41) is 0. The Hall–Kier alpha value is -2.55. The summed E-state index contributed by atoms with van der Waals surface area (Å²) in [4.78, 5) is 0. The number of hydrogen-bond acceptors (Lipinski definition) is 0. The Balaban J connectivity index is 1.93. The summed E-state index contributed by atoms with van der Waals surface area (Å²) in [6.45, 7) is 15.3. The third kappa shape index (κ3) is 6.99. The molecule has 0 aliphatic rings. The molecule has 0 spiro atoms. The summed E-state index contributed by atoms with van der Waals surface area (Å²) >= 11 is 0. The van der Waals surface area contributed by atoms with Crippen molar-refractivity contribution in [3.63, 3.8) is 0 Å². The zero-order chi connectivity index (χ0) is 23.1. The normalized spacial score (nSPS) is 13.7. The number of halogens is 3. The van der Waals surface area contributed by atoms with Gasteiger partial charge in [0.1, 0.15) is 5.83 Å². The molecule has 2 unspecified atom stereocenters. The lowest BCUT2D eigenvalue weighted by Crippen LogP contribution is -2.05. The molecule has 0 aliphatic heterocycles. The Morgan fingerprint density at radius 2 is 1.58 bits per heavy atom. The molecular formula is C28H33F3. The number of hydrogen-bond donors (Lipinski definition) is 0. The molecule has 0 nitrogen and oxygen atoms in total. The van der Waals surface area contributed by atoms with E-state index < -0.39 is 11.6 Å². The molecule has 3 heteroatoms.